The Morgan fingerprint density at radius 2 is 2.29 bits per heavy atom. The zero-order valence-electron chi connectivity index (χ0n) is 7.94. The fraction of sp³-hybridized carbons (Fsp3) is 0.500. The van der Waals surface area contributed by atoms with Crippen LogP contribution in [0.5, 0.6) is 0 Å². The summed E-state index contributed by atoms with van der Waals surface area (Å²) < 4.78 is 0. The molecule has 1 saturated heterocycles. The molecule has 14 heavy (non-hydrogen) atoms. The first-order chi connectivity index (χ1) is 6.92. The van der Waals surface area contributed by atoms with Crippen molar-refractivity contribution in [3.8, 4) is 6.07 Å². The maximum absolute atomic E-state index is 9.14. The second kappa shape index (κ2) is 4.56. The lowest BCUT2D eigenvalue weighted by atomic mass is 10.2. The maximum atomic E-state index is 9.14. The van der Waals surface area contributed by atoms with Crippen LogP contribution in [0.2, 0.25) is 0 Å². The van der Waals surface area contributed by atoms with Crippen LogP contribution in [0.3, 0.4) is 0 Å². The predicted molar refractivity (Wildman–Crippen MR) is 57.1 cm³/mol. The van der Waals surface area contributed by atoms with Crippen molar-refractivity contribution in [1.82, 2.24) is 10.2 Å². The molecular formula is C10H13N3S. The number of piperazine rings is 1. The Bertz CT molecular complexity index is 309. The molecule has 1 N–H and O–H groups in total. The van der Waals surface area contributed by atoms with Gasteiger partial charge in [-0.3, -0.25) is 4.90 Å². The van der Waals surface area contributed by atoms with E-state index in [9.17, 15) is 0 Å². The number of thiophene rings is 1. The normalized spacial score (nSPS) is 20.2. The summed E-state index contributed by atoms with van der Waals surface area (Å²) >= 11 is 1.66. The molecule has 1 aromatic rings. The van der Waals surface area contributed by atoms with Gasteiger partial charge in [0, 0.05) is 31.1 Å². The van der Waals surface area contributed by atoms with Crippen LogP contribution in [0.4, 0.5) is 0 Å². The van der Waals surface area contributed by atoms with Gasteiger partial charge in [0.25, 0.3) is 0 Å². The molecule has 0 spiro atoms. The molecule has 1 atom stereocenters. The van der Waals surface area contributed by atoms with Gasteiger partial charge in [0.15, 0.2) is 0 Å². The van der Waals surface area contributed by atoms with E-state index < -0.39 is 0 Å². The van der Waals surface area contributed by atoms with Crippen LogP contribution in [0.15, 0.2) is 17.5 Å². The van der Waals surface area contributed by atoms with E-state index in [1.54, 1.807) is 11.3 Å². The molecule has 0 saturated carbocycles. The number of nitriles is 1. The van der Waals surface area contributed by atoms with E-state index in [4.69, 9.17) is 5.26 Å². The lowest BCUT2D eigenvalue weighted by Gasteiger charge is -2.30. The van der Waals surface area contributed by atoms with Crippen molar-refractivity contribution < 1.29 is 0 Å². The Morgan fingerprint density at radius 3 is 2.86 bits per heavy atom. The number of nitrogens with zero attached hydrogens (tertiary/aromatic N) is 2. The summed E-state index contributed by atoms with van der Waals surface area (Å²) in [6, 6.07) is 6.39. The second-order valence-corrected chi connectivity index (χ2v) is 4.31. The van der Waals surface area contributed by atoms with Crippen molar-refractivity contribution in [1.29, 1.82) is 5.26 Å². The highest BCUT2D eigenvalue weighted by atomic mass is 32.1. The smallest absolute Gasteiger partial charge is 0.133 e. The molecular weight excluding hydrogens is 194 g/mol. The van der Waals surface area contributed by atoms with E-state index in [-0.39, 0.29) is 6.04 Å². The molecule has 1 fully saturated rings. The van der Waals surface area contributed by atoms with Crippen molar-refractivity contribution in [2.45, 2.75) is 6.04 Å². The molecule has 0 unspecified atom stereocenters. The zero-order valence-corrected chi connectivity index (χ0v) is 8.76. The molecule has 0 amide bonds. The molecule has 0 bridgehead atoms. The molecule has 0 radical (unpaired) electrons. The molecule has 1 aromatic heterocycles. The first-order valence-electron chi connectivity index (χ1n) is 4.79. The monoisotopic (exact) mass is 207 g/mol. The standard InChI is InChI=1S/C10H13N3S/c11-8-9(10-2-1-7-14-10)13-5-3-12-4-6-13/h1-2,7,9,12H,3-6H2/t9-/m0/s1. The van der Waals surface area contributed by atoms with Crippen molar-refractivity contribution in [2.24, 2.45) is 0 Å². The Kier molecular flexibility index (Phi) is 3.14. The first-order valence-corrected chi connectivity index (χ1v) is 5.67. The van der Waals surface area contributed by atoms with Gasteiger partial charge in [-0.2, -0.15) is 5.26 Å². The van der Waals surface area contributed by atoms with Crippen LogP contribution in [0, 0.1) is 11.3 Å². The summed E-state index contributed by atoms with van der Waals surface area (Å²) in [6.45, 7) is 3.92. The van der Waals surface area contributed by atoms with Crippen molar-refractivity contribution in [2.75, 3.05) is 26.2 Å². The van der Waals surface area contributed by atoms with Crippen LogP contribution in [0.1, 0.15) is 10.9 Å². The van der Waals surface area contributed by atoms with Crippen LogP contribution in [0.25, 0.3) is 0 Å². The third-order valence-electron chi connectivity index (χ3n) is 2.45. The topological polar surface area (TPSA) is 39.1 Å². The van der Waals surface area contributed by atoms with Gasteiger partial charge in [0.05, 0.1) is 6.07 Å². The number of rotatable bonds is 2. The van der Waals surface area contributed by atoms with E-state index in [0.717, 1.165) is 31.1 Å². The fourth-order valence-corrected chi connectivity index (χ4v) is 2.51. The van der Waals surface area contributed by atoms with E-state index >= 15 is 0 Å². The van der Waals surface area contributed by atoms with Crippen LogP contribution in [-0.2, 0) is 0 Å². The molecule has 4 heteroatoms. The molecule has 0 aromatic carbocycles. The maximum Gasteiger partial charge on any atom is 0.133 e. The second-order valence-electron chi connectivity index (χ2n) is 3.33. The minimum absolute atomic E-state index is 0.0444. The van der Waals surface area contributed by atoms with Gasteiger partial charge in [-0.05, 0) is 11.4 Å². The molecule has 1 aliphatic heterocycles. The van der Waals surface area contributed by atoms with E-state index in [1.165, 1.54) is 0 Å². The van der Waals surface area contributed by atoms with E-state index in [0.29, 0.717) is 0 Å². The van der Waals surface area contributed by atoms with Crippen LogP contribution in [-0.4, -0.2) is 31.1 Å². The zero-order chi connectivity index (χ0) is 9.80. The summed E-state index contributed by atoms with van der Waals surface area (Å²) in [6.07, 6.45) is 0. The number of hydrogen-bond acceptors (Lipinski definition) is 4. The first kappa shape index (κ1) is 9.66. The average molecular weight is 207 g/mol. The largest absolute Gasteiger partial charge is 0.314 e. The fourth-order valence-electron chi connectivity index (χ4n) is 1.71. The molecule has 3 nitrogen and oxygen atoms in total. The van der Waals surface area contributed by atoms with Gasteiger partial charge in [-0.15, -0.1) is 11.3 Å². The van der Waals surface area contributed by atoms with E-state index in [2.05, 4.69) is 16.3 Å². The highest BCUT2D eigenvalue weighted by molar-refractivity contribution is 7.10. The van der Waals surface area contributed by atoms with Gasteiger partial charge in [0.2, 0.25) is 0 Å². The third-order valence-corrected chi connectivity index (χ3v) is 3.38. The van der Waals surface area contributed by atoms with Crippen LogP contribution >= 0.6 is 11.3 Å². The Hall–Kier alpha value is -0.890. The molecule has 74 valence electrons. The van der Waals surface area contributed by atoms with Gasteiger partial charge >= 0.3 is 0 Å². The van der Waals surface area contributed by atoms with E-state index in [1.807, 2.05) is 17.5 Å². The summed E-state index contributed by atoms with van der Waals surface area (Å²) in [7, 11) is 0. The molecule has 0 aliphatic carbocycles. The lowest BCUT2D eigenvalue weighted by Crippen LogP contribution is -2.44. The van der Waals surface area contributed by atoms with Gasteiger partial charge in [-0.1, -0.05) is 6.07 Å². The van der Waals surface area contributed by atoms with Crippen molar-refractivity contribution in [3.63, 3.8) is 0 Å². The summed E-state index contributed by atoms with van der Waals surface area (Å²) in [5, 5.41) is 14.5. The number of hydrogen-bond donors (Lipinski definition) is 1. The van der Waals surface area contributed by atoms with Gasteiger partial charge in [-0.25, -0.2) is 0 Å². The Morgan fingerprint density at radius 1 is 1.50 bits per heavy atom. The Balaban J connectivity index is 2.09. The Labute approximate surface area is 88.0 Å². The summed E-state index contributed by atoms with van der Waals surface area (Å²) in [4.78, 5) is 3.40. The lowest BCUT2D eigenvalue weighted by molar-refractivity contribution is 0.210. The highest BCUT2D eigenvalue weighted by Gasteiger charge is 2.21. The summed E-state index contributed by atoms with van der Waals surface area (Å²) in [5.74, 6) is 0. The van der Waals surface area contributed by atoms with Crippen molar-refractivity contribution >= 4 is 11.3 Å². The van der Waals surface area contributed by atoms with Gasteiger partial charge in [0.1, 0.15) is 6.04 Å². The average Bonchev–Trinajstić information content (AvgIpc) is 2.74. The highest BCUT2D eigenvalue weighted by Crippen LogP contribution is 2.24. The summed E-state index contributed by atoms with van der Waals surface area (Å²) in [5.41, 5.74) is 0. The van der Waals surface area contributed by atoms with Gasteiger partial charge < -0.3 is 5.32 Å². The third kappa shape index (κ3) is 1.95. The predicted octanol–water partition coefficient (Wildman–Crippen LogP) is 1.22. The minimum Gasteiger partial charge on any atom is -0.314 e. The molecule has 1 aliphatic rings. The van der Waals surface area contributed by atoms with Crippen LogP contribution < -0.4 is 5.32 Å². The minimum atomic E-state index is -0.0444. The molecule has 2 heterocycles. The quantitative estimate of drug-likeness (QED) is 0.792. The number of nitrogens with one attached hydrogen (secondary N) is 1. The SMILES string of the molecule is N#C[C@@H](c1cccs1)N1CCNCC1. The van der Waals surface area contributed by atoms with Crippen molar-refractivity contribution in [3.05, 3.63) is 22.4 Å². The molecule has 2 rings (SSSR count).